The Kier molecular flexibility index (Phi) is 18.5. The second-order valence-electron chi connectivity index (χ2n) is 1.27. The van der Waals surface area contributed by atoms with Crippen molar-refractivity contribution in [2.75, 3.05) is 0 Å². The molecule has 0 saturated carbocycles. The Bertz CT molecular complexity index is 97.8. The number of carboxylic acids is 2. The third-order valence-corrected chi connectivity index (χ3v) is 0.302. The molecular formula is C5H11LiO4. The van der Waals surface area contributed by atoms with Gasteiger partial charge in [0.25, 0.3) is 5.97 Å². The predicted octanol–water partition coefficient (Wildman–Crippen LogP) is -0.0766. The molecule has 56 valence electrons. The van der Waals surface area contributed by atoms with Crippen LogP contribution in [0.2, 0.25) is 0 Å². The molecular weight excluding hydrogens is 131 g/mol. The number of hydrogen-bond acceptors (Lipinski definition) is 2. The van der Waals surface area contributed by atoms with E-state index in [1.165, 1.54) is 0 Å². The van der Waals surface area contributed by atoms with Crippen LogP contribution in [0.1, 0.15) is 20.3 Å². The summed E-state index contributed by atoms with van der Waals surface area (Å²) in [5, 5.41) is 15.1. The molecule has 0 spiro atoms. The van der Waals surface area contributed by atoms with Crippen LogP contribution in [-0.2, 0) is 9.59 Å². The third-order valence-electron chi connectivity index (χ3n) is 0.302. The molecule has 0 aromatic carbocycles. The first kappa shape index (κ1) is 16.3. The second-order valence-corrected chi connectivity index (χ2v) is 1.27. The van der Waals surface area contributed by atoms with Crippen molar-refractivity contribution in [3.63, 3.8) is 0 Å². The number of aliphatic carboxylic acids is 2. The summed E-state index contributed by atoms with van der Waals surface area (Å²) < 4.78 is 0. The van der Waals surface area contributed by atoms with Crippen LogP contribution < -0.4 is 0 Å². The van der Waals surface area contributed by atoms with Crippen LogP contribution in [0.25, 0.3) is 0 Å². The van der Waals surface area contributed by atoms with Crippen molar-refractivity contribution in [3.05, 3.63) is 0 Å². The molecule has 2 N–H and O–H groups in total. The zero-order valence-electron chi connectivity index (χ0n) is 5.42. The molecule has 0 rings (SSSR count). The van der Waals surface area contributed by atoms with Crippen LogP contribution in [0, 0.1) is 0 Å². The molecule has 0 aliphatic rings. The van der Waals surface area contributed by atoms with Crippen molar-refractivity contribution in [1.29, 1.82) is 0 Å². The Balaban J connectivity index is -0.0000000910. The molecule has 5 heteroatoms. The summed E-state index contributed by atoms with van der Waals surface area (Å²) in [5.41, 5.74) is 0. The van der Waals surface area contributed by atoms with Gasteiger partial charge in [-0.1, -0.05) is 6.92 Å². The van der Waals surface area contributed by atoms with E-state index in [1.54, 1.807) is 6.92 Å². The SMILES string of the molecule is CC(=O)O.CCC(=O)O.[LiH]. The van der Waals surface area contributed by atoms with Gasteiger partial charge in [0.15, 0.2) is 0 Å². The Hall–Kier alpha value is -0.463. The zero-order valence-corrected chi connectivity index (χ0v) is 5.42. The van der Waals surface area contributed by atoms with E-state index in [1.807, 2.05) is 0 Å². The van der Waals surface area contributed by atoms with Gasteiger partial charge in [0.2, 0.25) is 0 Å². The Morgan fingerprint density at radius 2 is 1.40 bits per heavy atom. The molecule has 0 saturated heterocycles. The van der Waals surface area contributed by atoms with Gasteiger partial charge in [-0.25, -0.2) is 0 Å². The summed E-state index contributed by atoms with van der Waals surface area (Å²) in [6, 6.07) is 0. The summed E-state index contributed by atoms with van der Waals surface area (Å²) >= 11 is 0. The Morgan fingerprint density at radius 1 is 1.30 bits per heavy atom. The molecule has 0 fully saturated rings. The van der Waals surface area contributed by atoms with Gasteiger partial charge in [0.05, 0.1) is 0 Å². The van der Waals surface area contributed by atoms with E-state index in [9.17, 15) is 4.79 Å². The molecule has 10 heavy (non-hydrogen) atoms. The van der Waals surface area contributed by atoms with Gasteiger partial charge < -0.3 is 10.2 Å². The second kappa shape index (κ2) is 11.3. The number of carbonyl (C=O) groups is 2. The first-order chi connectivity index (χ1) is 4.00. The Labute approximate surface area is 71.4 Å². The Morgan fingerprint density at radius 3 is 1.40 bits per heavy atom. The molecule has 0 aromatic heterocycles. The molecule has 0 radical (unpaired) electrons. The maximum absolute atomic E-state index is 9.37. The summed E-state index contributed by atoms with van der Waals surface area (Å²) in [7, 11) is 0. The van der Waals surface area contributed by atoms with Gasteiger partial charge in [-0.15, -0.1) is 0 Å². The van der Waals surface area contributed by atoms with Crippen LogP contribution in [0.3, 0.4) is 0 Å². The third kappa shape index (κ3) is 136. The van der Waals surface area contributed by atoms with Gasteiger partial charge >= 0.3 is 24.8 Å². The molecule has 0 aromatic rings. The minimum absolute atomic E-state index is 0. The normalized spacial score (nSPS) is 6.20. The molecule has 0 heterocycles. The van der Waals surface area contributed by atoms with Crippen LogP contribution in [-0.4, -0.2) is 41.0 Å². The average molecular weight is 142 g/mol. The summed E-state index contributed by atoms with van der Waals surface area (Å²) in [6.07, 6.45) is 0.222. The van der Waals surface area contributed by atoms with Crippen LogP contribution >= 0.6 is 0 Å². The van der Waals surface area contributed by atoms with Crippen LogP contribution in [0.15, 0.2) is 0 Å². The summed E-state index contributed by atoms with van der Waals surface area (Å²) in [6.45, 7) is 2.68. The van der Waals surface area contributed by atoms with E-state index >= 15 is 0 Å². The first-order valence-corrected chi connectivity index (χ1v) is 2.42. The van der Waals surface area contributed by atoms with E-state index in [0.29, 0.717) is 0 Å². The molecule has 0 atom stereocenters. The number of rotatable bonds is 1. The minimum atomic E-state index is -0.833. The van der Waals surface area contributed by atoms with Crippen molar-refractivity contribution >= 4 is 30.8 Å². The van der Waals surface area contributed by atoms with E-state index in [4.69, 9.17) is 15.0 Å². The van der Waals surface area contributed by atoms with Crippen LogP contribution in [0.4, 0.5) is 0 Å². The molecule has 0 unspecified atom stereocenters. The van der Waals surface area contributed by atoms with E-state index in [-0.39, 0.29) is 25.3 Å². The first-order valence-electron chi connectivity index (χ1n) is 2.42. The summed E-state index contributed by atoms with van der Waals surface area (Å²) in [5.74, 6) is -1.58. The standard InChI is InChI=1S/C3H6O2.C2H4O2.Li.H/c1-2-3(4)5;1-2(3)4;;/h2H2,1H3,(H,4,5);1H3,(H,3,4);;. The van der Waals surface area contributed by atoms with Crippen LogP contribution in [0.5, 0.6) is 0 Å². The van der Waals surface area contributed by atoms with Crippen molar-refractivity contribution in [2.45, 2.75) is 20.3 Å². The molecule has 0 amide bonds. The topological polar surface area (TPSA) is 74.6 Å². The monoisotopic (exact) mass is 142 g/mol. The van der Waals surface area contributed by atoms with Gasteiger partial charge in [-0.2, -0.15) is 0 Å². The van der Waals surface area contributed by atoms with E-state index in [0.717, 1.165) is 6.92 Å². The maximum atomic E-state index is 9.37. The molecule has 4 nitrogen and oxygen atoms in total. The van der Waals surface area contributed by atoms with E-state index in [2.05, 4.69) is 0 Å². The van der Waals surface area contributed by atoms with Crippen molar-refractivity contribution in [1.82, 2.24) is 0 Å². The fourth-order valence-electron chi connectivity index (χ4n) is 0. The van der Waals surface area contributed by atoms with Gasteiger partial charge in [-0.3, -0.25) is 9.59 Å². The number of carboxylic acid groups (broad SMARTS) is 2. The quantitative estimate of drug-likeness (QED) is 0.502. The van der Waals surface area contributed by atoms with Gasteiger partial charge in [-0.05, 0) is 0 Å². The van der Waals surface area contributed by atoms with Crippen molar-refractivity contribution in [2.24, 2.45) is 0 Å². The molecule has 0 aliphatic heterocycles. The average Bonchev–Trinajstić information content (AvgIpc) is 1.65. The van der Waals surface area contributed by atoms with Crippen molar-refractivity contribution in [3.8, 4) is 0 Å². The zero-order chi connectivity index (χ0) is 7.86. The predicted molar refractivity (Wildman–Crippen MR) is 38.4 cm³/mol. The van der Waals surface area contributed by atoms with Gasteiger partial charge in [0, 0.05) is 13.3 Å². The fourth-order valence-corrected chi connectivity index (χ4v) is 0. The van der Waals surface area contributed by atoms with Crippen molar-refractivity contribution < 1.29 is 19.8 Å². The van der Waals surface area contributed by atoms with Gasteiger partial charge in [0.1, 0.15) is 0 Å². The fraction of sp³-hybridized carbons (Fsp3) is 0.600. The number of hydrogen-bond donors (Lipinski definition) is 2. The molecule has 0 aliphatic carbocycles. The molecule has 0 bridgehead atoms. The summed E-state index contributed by atoms with van der Waals surface area (Å²) in [4.78, 5) is 18.4. The van der Waals surface area contributed by atoms with E-state index < -0.39 is 11.9 Å².